The quantitative estimate of drug-likeness (QED) is 0.630. The van der Waals surface area contributed by atoms with Crippen LogP contribution in [0.1, 0.15) is 16.1 Å². The van der Waals surface area contributed by atoms with Crippen molar-refractivity contribution in [1.82, 2.24) is 10.3 Å². The number of halogens is 3. The molecule has 2 N–H and O–H groups in total. The van der Waals surface area contributed by atoms with Gasteiger partial charge in [-0.15, -0.1) is 0 Å². The van der Waals surface area contributed by atoms with Gasteiger partial charge in [0.05, 0.1) is 0 Å². The molecule has 0 saturated heterocycles. The summed E-state index contributed by atoms with van der Waals surface area (Å²) in [6, 6.07) is 13.9. The van der Waals surface area contributed by atoms with Gasteiger partial charge in [0.25, 0.3) is 5.91 Å². The lowest BCUT2D eigenvalue weighted by atomic mass is 10.1. The average Bonchev–Trinajstić information content (AvgIpc) is 2.99. The van der Waals surface area contributed by atoms with E-state index in [1.54, 1.807) is 18.2 Å². The van der Waals surface area contributed by atoms with Gasteiger partial charge in [-0.25, -0.2) is 0 Å². The second-order valence-electron chi connectivity index (χ2n) is 5.44. The van der Waals surface area contributed by atoms with Crippen LogP contribution in [0.3, 0.4) is 0 Å². The first kappa shape index (κ1) is 17.4. The Balaban J connectivity index is 1.54. The van der Waals surface area contributed by atoms with Crippen molar-refractivity contribution in [3.8, 4) is 5.75 Å². The van der Waals surface area contributed by atoms with Crippen molar-refractivity contribution in [2.24, 2.45) is 0 Å². The molecule has 0 aliphatic rings. The Morgan fingerprint density at radius 1 is 1.16 bits per heavy atom. The highest BCUT2D eigenvalue weighted by molar-refractivity contribution is 9.10. The number of rotatable bonds is 6. The summed E-state index contributed by atoms with van der Waals surface area (Å²) in [7, 11) is 0. The summed E-state index contributed by atoms with van der Waals surface area (Å²) in [6.45, 7) is -2.39. The summed E-state index contributed by atoms with van der Waals surface area (Å²) in [5.41, 5.74) is 2.30. The normalized spacial score (nSPS) is 11.0. The van der Waals surface area contributed by atoms with Crippen LogP contribution >= 0.6 is 15.9 Å². The van der Waals surface area contributed by atoms with Crippen molar-refractivity contribution in [1.29, 1.82) is 0 Å². The van der Waals surface area contributed by atoms with E-state index in [9.17, 15) is 13.6 Å². The van der Waals surface area contributed by atoms with Gasteiger partial charge in [-0.1, -0.05) is 34.1 Å². The van der Waals surface area contributed by atoms with Crippen LogP contribution in [0.4, 0.5) is 8.78 Å². The van der Waals surface area contributed by atoms with E-state index < -0.39 is 6.61 Å². The molecule has 0 radical (unpaired) electrons. The van der Waals surface area contributed by atoms with E-state index in [-0.39, 0.29) is 11.7 Å². The number of hydrogen-bond donors (Lipinski definition) is 2. The fourth-order valence-corrected chi connectivity index (χ4v) is 2.84. The van der Waals surface area contributed by atoms with Gasteiger partial charge in [-0.05, 0) is 42.3 Å². The minimum Gasteiger partial charge on any atom is -0.435 e. The lowest BCUT2D eigenvalue weighted by Gasteiger charge is -2.06. The second-order valence-corrected chi connectivity index (χ2v) is 6.36. The summed E-state index contributed by atoms with van der Waals surface area (Å²) in [5.74, 6) is -0.0722. The molecule has 2 aromatic carbocycles. The minimum absolute atomic E-state index is 0.118. The lowest BCUT2D eigenvalue weighted by Crippen LogP contribution is -2.25. The lowest BCUT2D eigenvalue weighted by molar-refractivity contribution is -0.0498. The molecule has 1 amide bonds. The highest BCUT2D eigenvalue weighted by Crippen LogP contribution is 2.20. The molecule has 3 aromatic rings. The summed E-state index contributed by atoms with van der Waals surface area (Å²) >= 11 is 3.39. The molecule has 0 bridgehead atoms. The van der Waals surface area contributed by atoms with Crippen LogP contribution in [0.2, 0.25) is 0 Å². The van der Waals surface area contributed by atoms with Crippen LogP contribution in [0.25, 0.3) is 10.9 Å². The zero-order chi connectivity index (χ0) is 17.8. The Morgan fingerprint density at radius 3 is 2.64 bits per heavy atom. The molecule has 25 heavy (non-hydrogen) atoms. The highest BCUT2D eigenvalue weighted by atomic mass is 79.9. The molecule has 0 fully saturated rings. The van der Waals surface area contributed by atoms with Crippen molar-refractivity contribution < 1.29 is 18.3 Å². The average molecular weight is 409 g/mol. The molecule has 0 unspecified atom stereocenters. The number of hydrogen-bond acceptors (Lipinski definition) is 2. The number of fused-ring (bicyclic) bond motifs is 1. The van der Waals surface area contributed by atoms with E-state index in [1.807, 2.05) is 18.2 Å². The molecule has 0 atom stereocenters. The first-order valence-electron chi connectivity index (χ1n) is 7.61. The molecule has 7 heteroatoms. The Kier molecular flexibility index (Phi) is 5.33. The van der Waals surface area contributed by atoms with E-state index in [0.29, 0.717) is 18.7 Å². The monoisotopic (exact) mass is 408 g/mol. The standard InChI is InChI=1S/C18H15BrF2N2O2/c19-13-4-3-12-9-16(23-15(12)10-13)17(24)22-8-7-11-1-5-14(6-2-11)25-18(20)21/h1-6,9-10,18,23H,7-8H2,(H,22,24). The van der Waals surface area contributed by atoms with Gasteiger partial charge in [0, 0.05) is 21.9 Å². The topological polar surface area (TPSA) is 54.1 Å². The van der Waals surface area contributed by atoms with Gasteiger partial charge in [0.2, 0.25) is 0 Å². The number of amides is 1. The van der Waals surface area contributed by atoms with Crippen molar-refractivity contribution in [2.45, 2.75) is 13.0 Å². The SMILES string of the molecule is O=C(NCCc1ccc(OC(F)F)cc1)c1cc2ccc(Br)cc2[nH]1. The Labute approximate surface area is 151 Å². The van der Waals surface area contributed by atoms with Crippen LogP contribution in [0.15, 0.2) is 53.0 Å². The number of benzene rings is 2. The largest absolute Gasteiger partial charge is 0.435 e. The number of H-pyrrole nitrogens is 1. The predicted molar refractivity (Wildman–Crippen MR) is 95.1 cm³/mol. The number of carbonyl (C=O) groups excluding carboxylic acids is 1. The maximum Gasteiger partial charge on any atom is 0.387 e. The van der Waals surface area contributed by atoms with Gasteiger partial charge >= 0.3 is 6.61 Å². The Bertz CT molecular complexity index is 878. The van der Waals surface area contributed by atoms with Crippen LogP contribution in [-0.2, 0) is 6.42 Å². The highest BCUT2D eigenvalue weighted by Gasteiger charge is 2.09. The van der Waals surface area contributed by atoms with E-state index >= 15 is 0 Å². The molecule has 130 valence electrons. The van der Waals surface area contributed by atoms with E-state index in [4.69, 9.17) is 0 Å². The maximum atomic E-state index is 12.2. The molecule has 0 aliphatic heterocycles. The number of alkyl halides is 2. The maximum absolute atomic E-state index is 12.2. The number of carbonyl (C=O) groups is 1. The van der Waals surface area contributed by atoms with Crippen LogP contribution in [0, 0.1) is 0 Å². The fourth-order valence-electron chi connectivity index (χ4n) is 2.47. The molecule has 1 heterocycles. The summed E-state index contributed by atoms with van der Waals surface area (Å²) in [5, 5.41) is 3.80. The molecule has 0 saturated carbocycles. The minimum atomic E-state index is -2.83. The van der Waals surface area contributed by atoms with Crippen molar-refractivity contribution in [3.05, 3.63) is 64.3 Å². The first-order chi connectivity index (χ1) is 12.0. The van der Waals surface area contributed by atoms with Gasteiger partial charge in [-0.3, -0.25) is 4.79 Å². The predicted octanol–water partition coefficient (Wildman–Crippen LogP) is 4.50. The number of nitrogens with one attached hydrogen (secondary N) is 2. The van der Waals surface area contributed by atoms with E-state index in [2.05, 4.69) is 31.0 Å². The Hall–Kier alpha value is -2.41. The van der Waals surface area contributed by atoms with Crippen molar-refractivity contribution >= 4 is 32.7 Å². The molecule has 4 nitrogen and oxygen atoms in total. The molecule has 0 aliphatic carbocycles. The van der Waals surface area contributed by atoms with Crippen LogP contribution < -0.4 is 10.1 Å². The number of ether oxygens (including phenoxy) is 1. The first-order valence-corrected chi connectivity index (χ1v) is 8.41. The zero-order valence-corrected chi connectivity index (χ0v) is 14.6. The Morgan fingerprint density at radius 2 is 1.92 bits per heavy atom. The molecule has 1 aromatic heterocycles. The van der Waals surface area contributed by atoms with Gasteiger partial charge in [-0.2, -0.15) is 8.78 Å². The van der Waals surface area contributed by atoms with Crippen LogP contribution in [-0.4, -0.2) is 24.0 Å². The summed E-state index contributed by atoms with van der Waals surface area (Å²) in [4.78, 5) is 15.3. The summed E-state index contributed by atoms with van der Waals surface area (Å²) in [6.07, 6.45) is 0.590. The summed E-state index contributed by atoms with van der Waals surface area (Å²) < 4.78 is 29.4. The zero-order valence-electron chi connectivity index (χ0n) is 13.1. The molecular formula is C18H15BrF2N2O2. The third-order valence-electron chi connectivity index (χ3n) is 3.68. The van der Waals surface area contributed by atoms with Gasteiger partial charge in [0.1, 0.15) is 11.4 Å². The molecule has 3 rings (SSSR count). The third-order valence-corrected chi connectivity index (χ3v) is 4.17. The van der Waals surface area contributed by atoms with Crippen molar-refractivity contribution in [3.63, 3.8) is 0 Å². The van der Waals surface area contributed by atoms with Crippen molar-refractivity contribution in [2.75, 3.05) is 6.54 Å². The van der Waals surface area contributed by atoms with Gasteiger partial charge in [0.15, 0.2) is 0 Å². The van der Waals surface area contributed by atoms with E-state index in [0.717, 1.165) is 20.9 Å². The van der Waals surface area contributed by atoms with Gasteiger partial charge < -0.3 is 15.0 Å². The van der Waals surface area contributed by atoms with Crippen LogP contribution in [0.5, 0.6) is 5.75 Å². The number of aromatic nitrogens is 1. The smallest absolute Gasteiger partial charge is 0.387 e. The van der Waals surface area contributed by atoms with E-state index in [1.165, 1.54) is 12.1 Å². The molecular weight excluding hydrogens is 394 g/mol. The number of aromatic amines is 1. The fraction of sp³-hybridized carbons (Fsp3) is 0.167. The molecule has 0 spiro atoms. The second kappa shape index (κ2) is 7.65. The third kappa shape index (κ3) is 4.57.